The Labute approximate surface area is 119 Å². The van der Waals surface area contributed by atoms with Gasteiger partial charge in [0, 0.05) is 0 Å². The molecule has 0 bridgehead atoms. The average molecular weight is 309 g/mol. The van der Waals surface area contributed by atoms with Crippen molar-refractivity contribution in [2.75, 3.05) is 10.5 Å². The molecule has 0 saturated heterocycles. The Balaban J connectivity index is 2.48. The lowest BCUT2D eigenvalue weighted by Gasteiger charge is -2.11. The molecule has 2 aromatic rings. The fraction of sp³-hybridized carbons (Fsp3) is 0. The van der Waals surface area contributed by atoms with Gasteiger partial charge in [-0.05, 0) is 30.3 Å². The minimum Gasteiger partial charge on any atom is -0.398 e. The van der Waals surface area contributed by atoms with Crippen molar-refractivity contribution >= 4 is 21.4 Å². The molecule has 3 N–H and O–H groups in total. The second-order valence-corrected chi connectivity index (χ2v) is 5.71. The van der Waals surface area contributed by atoms with Gasteiger partial charge in [-0.15, -0.1) is 0 Å². The molecule has 0 saturated carbocycles. The number of nitrogens with one attached hydrogen (secondary N) is 1. The van der Waals surface area contributed by atoms with Crippen molar-refractivity contribution in [3.05, 3.63) is 53.6 Å². The number of anilines is 2. The van der Waals surface area contributed by atoms with E-state index in [9.17, 15) is 17.2 Å². The van der Waals surface area contributed by atoms with Crippen LogP contribution in [0.1, 0.15) is 5.56 Å². The van der Waals surface area contributed by atoms with Gasteiger partial charge in [0.05, 0.1) is 11.4 Å². The van der Waals surface area contributed by atoms with E-state index in [1.165, 1.54) is 12.1 Å². The van der Waals surface area contributed by atoms with Gasteiger partial charge in [0.2, 0.25) is 0 Å². The first kappa shape index (κ1) is 14.7. The van der Waals surface area contributed by atoms with Gasteiger partial charge in [0.1, 0.15) is 28.2 Å². The van der Waals surface area contributed by atoms with Crippen molar-refractivity contribution in [3.63, 3.8) is 0 Å². The van der Waals surface area contributed by atoms with E-state index < -0.39 is 27.2 Å². The molecule has 8 heteroatoms. The maximum absolute atomic E-state index is 13.4. The first-order valence-electron chi connectivity index (χ1n) is 5.61. The summed E-state index contributed by atoms with van der Waals surface area (Å²) in [6.45, 7) is 0. The molecule has 0 aliphatic carbocycles. The highest BCUT2D eigenvalue weighted by Crippen LogP contribution is 2.25. The van der Waals surface area contributed by atoms with E-state index in [1.807, 2.05) is 0 Å². The first-order chi connectivity index (χ1) is 9.85. The van der Waals surface area contributed by atoms with Crippen LogP contribution >= 0.6 is 0 Å². The number of halogens is 2. The summed E-state index contributed by atoms with van der Waals surface area (Å²) >= 11 is 0. The minimum absolute atomic E-state index is 0.221. The molecule has 0 aromatic heterocycles. The summed E-state index contributed by atoms with van der Waals surface area (Å²) < 4.78 is 52.8. The van der Waals surface area contributed by atoms with E-state index in [0.29, 0.717) is 0 Å². The van der Waals surface area contributed by atoms with Crippen LogP contribution in [-0.4, -0.2) is 8.42 Å². The van der Waals surface area contributed by atoms with Gasteiger partial charge in [-0.25, -0.2) is 17.2 Å². The molecule has 0 amide bonds. The van der Waals surface area contributed by atoms with Gasteiger partial charge in [0.15, 0.2) is 0 Å². The van der Waals surface area contributed by atoms with Crippen molar-refractivity contribution in [1.82, 2.24) is 0 Å². The van der Waals surface area contributed by atoms with Gasteiger partial charge in [-0.3, -0.25) is 4.72 Å². The summed E-state index contributed by atoms with van der Waals surface area (Å²) in [7, 11) is -4.17. The maximum Gasteiger partial charge on any atom is 0.263 e. The summed E-state index contributed by atoms with van der Waals surface area (Å²) in [5.74, 6) is -1.54. The first-order valence-corrected chi connectivity index (χ1v) is 7.10. The van der Waals surface area contributed by atoms with Crippen molar-refractivity contribution in [2.45, 2.75) is 4.90 Å². The number of nitrogens with zero attached hydrogens (tertiary/aromatic N) is 1. The quantitative estimate of drug-likeness (QED) is 0.850. The maximum atomic E-state index is 13.4. The molecule has 0 radical (unpaired) electrons. The molecule has 2 rings (SSSR count). The monoisotopic (exact) mass is 309 g/mol. The predicted molar refractivity (Wildman–Crippen MR) is 72.7 cm³/mol. The summed E-state index contributed by atoms with van der Waals surface area (Å²) in [5.41, 5.74) is 4.51. The molecule has 0 atom stereocenters. The van der Waals surface area contributed by atoms with E-state index in [2.05, 4.69) is 4.72 Å². The Morgan fingerprint density at radius 1 is 1.19 bits per heavy atom. The van der Waals surface area contributed by atoms with E-state index in [4.69, 9.17) is 11.0 Å². The standard InChI is InChI=1S/C13H9F2N3O2S/c14-8-4-5-13(11(17)6-8)21(19,20)18-12-3-1-2-10(15)9(12)7-16/h1-6,18H,17H2. The Kier molecular flexibility index (Phi) is 3.78. The van der Waals surface area contributed by atoms with Gasteiger partial charge >= 0.3 is 0 Å². The van der Waals surface area contributed by atoms with Gasteiger partial charge < -0.3 is 5.73 Å². The second kappa shape index (κ2) is 5.38. The molecule has 0 aliphatic rings. The lowest BCUT2D eigenvalue weighted by atomic mass is 10.2. The van der Waals surface area contributed by atoms with E-state index in [1.54, 1.807) is 6.07 Å². The van der Waals surface area contributed by atoms with Gasteiger partial charge in [0.25, 0.3) is 10.0 Å². The van der Waals surface area contributed by atoms with Crippen LogP contribution in [0.25, 0.3) is 0 Å². The van der Waals surface area contributed by atoms with Crippen LogP contribution < -0.4 is 10.5 Å². The molecule has 0 aliphatic heterocycles. The van der Waals surface area contributed by atoms with Crippen molar-refractivity contribution < 1.29 is 17.2 Å². The van der Waals surface area contributed by atoms with Crippen LogP contribution in [0, 0.1) is 23.0 Å². The molecular weight excluding hydrogens is 300 g/mol. The molecular formula is C13H9F2N3O2S. The van der Waals surface area contributed by atoms with Crippen LogP contribution in [0.2, 0.25) is 0 Å². The van der Waals surface area contributed by atoms with Crippen LogP contribution in [0.4, 0.5) is 20.2 Å². The molecule has 0 unspecified atom stereocenters. The fourth-order valence-corrected chi connectivity index (χ4v) is 2.87. The SMILES string of the molecule is N#Cc1c(F)cccc1NS(=O)(=O)c1ccc(F)cc1N. The van der Waals surface area contributed by atoms with Crippen molar-refractivity contribution in [3.8, 4) is 6.07 Å². The lowest BCUT2D eigenvalue weighted by molar-refractivity contribution is 0.600. The Hall–Kier alpha value is -2.66. The molecule has 0 heterocycles. The number of benzene rings is 2. The van der Waals surface area contributed by atoms with Crippen molar-refractivity contribution in [1.29, 1.82) is 5.26 Å². The second-order valence-electron chi connectivity index (χ2n) is 4.06. The third-order valence-electron chi connectivity index (χ3n) is 2.63. The highest BCUT2D eigenvalue weighted by molar-refractivity contribution is 7.92. The predicted octanol–water partition coefficient (Wildman–Crippen LogP) is 2.22. The summed E-state index contributed by atoms with van der Waals surface area (Å²) in [5, 5.41) is 8.86. The van der Waals surface area contributed by atoms with E-state index >= 15 is 0 Å². The molecule has 2 aromatic carbocycles. The third-order valence-corrected chi connectivity index (χ3v) is 4.07. The number of hydrogen-bond donors (Lipinski definition) is 2. The zero-order valence-corrected chi connectivity index (χ0v) is 11.3. The third kappa shape index (κ3) is 2.93. The van der Waals surface area contributed by atoms with Crippen LogP contribution in [0.3, 0.4) is 0 Å². The van der Waals surface area contributed by atoms with Crippen molar-refractivity contribution in [2.24, 2.45) is 0 Å². The highest BCUT2D eigenvalue weighted by atomic mass is 32.2. The van der Waals surface area contributed by atoms with Gasteiger partial charge in [-0.2, -0.15) is 5.26 Å². The number of sulfonamides is 1. The number of nitrogen functional groups attached to an aromatic ring is 1. The Bertz CT molecular complexity index is 845. The minimum atomic E-state index is -4.17. The highest BCUT2D eigenvalue weighted by Gasteiger charge is 2.20. The topological polar surface area (TPSA) is 96.0 Å². The molecule has 21 heavy (non-hydrogen) atoms. The number of nitrogens with two attached hydrogens (primary N) is 1. The zero-order valence-electron chi connectivity index (χ0n) is 10.5. The average Bonchev–Trinajstić information content (AvgIpc) is 2.38. The molecule has 108 valence electrons. The lowest BCUT2D eigenvalue weighted by Crippen LogP contribution is -2.16. The van der Waals surface area contributed by atoms with Gasteiger partial charge in [-0.1, -0.05) is 6.07 Å². The summed E-state index contributed by atoms with van der Waals surface area (Å²) in [6, 6.07) is 7.86. The number of hydrogen-bond acceptors (Lipinski definition) is 4. The van der Waals surface area contributed by atoms with Crippen LogP contribution in [0.15, 0.2) is 41.3 Å². The van der Waals surface area contributed by atoms with Crippen LogP contribution in [-0.2, 0) is 10.0 Å². The Morgan fingerprint density at radius 2 is 1.90 bits per heavy atom. The summed E-state index contributed by atoms with van der Waals surface area (Å²) in [6.07, 6.45) is 0. The van der Waals surface area contributed by atoms with Crippen LogP contribution in [0.5, 0.6) is 0 Å². The molecule has 0 fully saturated rings. The number of nitriles is 1. The number of rotatable bonds is 3. The molecule has 0 spiro atoms. The molecule has 5 nitrogen and oxygen atoms in total. The Morgan fingerprint density at radius 3 is 2.52 bits per heavy atom. The smallest absolute Gasteiger partial charge is 0.263 e. The zero-order chi connectivity index (χ0) is 15.6. The fourth-order valence-electron chi connectivity index (χ4n) is 1.69. The normalized spacial score (nSPS) is 10.9. The van der Waals surface area contributed by atoms with E-state index in [-0.39, 0.29) is 16.3 Å². The van der Waals surface area contributed by atoms with E-state index in [0.717, 1.165) is 24.3 Å². The largest absolute Gasteiger partial charge is 0.398 e. The summed E-state index contributed by atoms with van der Waals surface area (Å²) in [4.78, 5) is -0.364.